The van der Waals surface area contributed by atoms with Crippen molar-refractivity contribution in [1.29, 1.82) is 0 Å². The van der Waals surface area contributed by atoms with Gasteiger partial charge in [0.05, 0.1) is 16.8 Å². The number of carbonyl (C=O) groups excluding carboxylic acids is 2. The molecule has 2 aliphatic heterocycles. The van der Waals surface area contributed by atoms with E-state index >= 15 is 0 Å². The van der Waals surface area contributed by atoms with E-state index in [4.69, 9.17) is 14.2 Å². The van der Waals surface area contributed by atoms with E-state index < -0.39 is 28.0 Å². The van der Waals surface area contributed by atoms with Crippen LogP contribution < -0.4 is 9.64 Å². The first-order valence-corrected chi connectivity index (χ1v) is 11.2. The molecule has 0 saturated carbocycles. The molecule has 9 heteroatoms. The second kappa shape index (κ2) is 9.25. The van der Waals surface area contributed by atoms with Gasteiger partial charge in [0.1, 0.15) is 19.0 Å². The van der Waals surface area contributed by atoms with Gasteiger partial charge in [0.25, 0.3) is 5.69 Å². The molecule has 9 nitrogen and oxygen atoms in total. The number of anilines is 1. The normalized spacial score (nSPS) is 18.9. The monoisotopic (exact) mass is 478 g/mol. The molecule has 2 heterocycles. The Bertz CT molecular complexity index is 1220. The lowest BCUT2D eigenvalue weighted by Gasteiger charge is -2.47. The molecular weight excluding hydrogens is 452 g/mol. The van der Waals surface area contributed by atoms with Crippen molar-refractivity contribution < 1.29 is 28.7 Å². The first-order chi connectivity index (χ1) is 16.7. The molecule has 0 fully saturated rings. The fraction of sp³-hybridized carbons (Fsp3) is 0.308. The van der Waals surface area contributed by atoms with Crippen LogP contribution in [0.25, 0.3) is 6.08 Å². The van der Waals surface area contributed by atoms with E-state index in [1.54, 1.807) is 6.07 Å². The predicted molar refractivity (Wildman–Crippen MR) is 129 cm³/mol. The topological polar surface area (TPSA) is 108 Å². The summed E-state index contributed by atoms with van der Waals surface area (Å²) in [5.74, 6) is -0.492. The summed E-state index contributed by atoms with van der Waals surface area (Å²) in [6, 6.07) is 12.4. The number of benzene rings is 2. The number of fused-ring (bicyclic) bond motifs is 2. The third kappa shape index (κ3) is 4.25. The third-order valence-corrected chi connectivity index (χ3v) is 6.42. The Labute approximate surface area is 202 Å². The van der Waals surface area contributed by atoms with E-state index in [1.165, 1.54) is 12.1 Å². The second-order valence-corrected chi connectivity index (χ2v) is 8.75. The van der Waals surface area contributed by atoms with Gasteiger partial charge in [0.2, 0.25) is 5.72 Å². The number of ether oxygens (including phenoxy) is 3. The first kappa shape index (κ1) is 24.0. The minimum absolute atomic E-state index is 0.0136. The van der Waals surface area contributed by atoms with E-state index in [9.17, 15) is 19.7 Å². The zero-order valence-corrected chi connectivity index (χ0v) is 19.6. The lowest BCUT2D eigenvalue weighted by atomic mass is 9.76. The van der Waals surface area contributed by atoms with Crippen molar-refractivity contribution in [2.75, 3.05) is 24.7 Å². The van der Waals surface area contributed by atoms with Crippen molar-refractivity contribution in [3.05, 3.63) is 82.4 Å². The van der Waals surface area contributed by atoms with Crippen molar-refractivity contribution in [3.63, 3.8) is 0 Å². The summed E-state index contributed by atoms with van der Waals surface area (Å²) >= 11 is 0. The maximum Gasteiger partial charge on any atom is 0.330 e. The number of non-ortho nitro benzene ring substituents is 1. The van der Waals surface area contributed by atoms with Crippen molar-refractivity contribution in [1.82, 2.24) is 0 Å². The van der Waals surface area contributed by atoms with Gasteiger partial charge >= 0.3 is 11.9 Å². The third-order valence-electron chi connectivity index (χ3n) is 6.42. The molecule has 1 spiro atoms. The van der Waals surface area contributed by atoms with E-state index in [1.807, 2.05) is 41.3 Å². The van der Waals surface area contributed by atoms with Gasteiger partial charge < -0.3 is 19.1 Å². The average molecular weight is 479 g/mol. The summed E-state index contributed by atoms with van der Waals surface area (Å²) in [5, 5.41) is 11.2. The number of para-hydroxylation sites is 1. The Morgan fingerprint density at radius 1 is 1.17 bits per heavy atom. The van der Waals surface area contributed by atoms with Crippen molar-refractivity contribution in [3.8, 4) is 5.75 Å². The SMILES string of the molecule is C=CC(=O)OCCOC(=O)CCN1c2ccccc2C(C)(C)C12C=Cc1cc([N+](=O)[O-])ccc1O2. The van der Waals surface area contributed by atoms with Gasteiger partial charge in [-0.2, -0.15) is 0 Å². The van der Waals surface area contributed by atoms with Crippen LogP contribution in [0.5, 0.6) is 5.75 Å². The molecule has 182 valence electrons. The largest absolute Gasteiger partial charge is 0.463 e. The van der Waals surface area contributed by atoms with E-state index in [0.717, 1.165) is 17.3 Å². The molecular formula is C26H26N2O7. The molecule has 0 bridgehead atoms. The van der Waals surface area contributed by atoms with Crippen LogP contribution in [-0.2, 0) is 24.5 Å². The lowest BCUT2D eigenvalue weighted by Crippen LogP contribution is -2.60. The van der Waals surface area contributed by atoms with Crippen LogP contribution in [0.15, 0.2) is 61.2 Å². The van der Waals surface area contributed by atoms with Crippen molar-refractivity contribution >= 4 is 29.4 Å². The Balaban J connectivity index is 1.57. The molecule has 2 aliphatic rings. The minimum Gasteiger partial charge on any atom is -0.463 e. The van der Waals surface area contributed by atoms with Gasteiger partial charge in [0.15, 0.2) is 0 Å². The molecule has 4 rings (SSSR count). The van der Waals surface area contributed by atoms with Gasteiger partial charge in [-0.25, -0.2) is 4.79 Å². The molecule has 0 aromatic heterocycles. The van der Waals surface area contributed by atoms with E-state index in [0.29, 0.717) is 17.9 Å². The summed E-state index contributed by atoms with van der Waals surface area (Å²) < 4.78 is 16.6. The average Bonchev–Trinajstić information content (AvgIpc) is 3.02. The van der Waals surface area contributed by atoms with E-state index in [2.05, 4.69) is 20.4 Å². The van der Waals surface area contributed by atoms with Crippen molar-refractivity contribution in [2.45, 2.75) is 31.4 Å². The van der Waals surface area contributed by atoms with Gasteiger partial charge in [0, 0.05) is 36.0 Å². The molecule has 0 aliphatic carbocycles. The highest BCUT2D eigenvalue weighted by atomic mass is 16.6. The molecule has 1 unspecified atom stereocenters. The highest BCUT2D eigenvalue weighted by molar-refractivity contribution is 5.81. The minimum atomic E-state index is -0.959. The number of nitrogens with zero attached hydrogens (tertiary/aromatic N) is 2. The number of nitro groups is 1. The molecule has 2 aromatic rings. The summed E-state index contributed by atoms with van der Waals surface area (Å²) in [6.45, 7) is 7.66. The van der Waals surface area contributed by atoms with Gasteiger partial charge in [-0.15, -0.1) is 0 Å². The predicted octanol–water partition coefficient (Wildman–Crippen LogP) is 4.16. The number of rotatable bonds is 8. The molecule has 0 saturated heterocycles. The number of esters is 2. The smallest absolute Gasteiger partial charge is 0.330 e. The Hall–Kier alpha value is -4.14. The van der Waals surface area contributed by atoms with Gasteiger partial charge in [-0.3, -0.25) is 14.9 Å². The number of hydrogen-bond acceptors (Lipinski definition) is 8. The zero-order valence-electron chi connectivity index (χ0n) is 19.6. The number of hydrogen-bond donors (Lipinski definition) is 0. The molecule has 0 amide bonds. The maximum absolute atomic E-state index is 12.4. The van der Waals surface area contributed by atoms with Crippen LogP contribution in [0.3, 0.4) is 0 Å². The van der Waals surface area contributed by atoms with Crippen LogP contribution in [0.1, 0.15) is 31.4 Å². The lowest BCUT2D eigenvalue weighted by molar-refractivity contribution is -0.384. The van der Waals surface area contributed by atoms with Crippen LogP contribution in [0.2, 0.25) is 0 Å². The van der Waals surface area contributed by atoms with Crippen LogP contribution in [0, 0.1) is 10.1 Å². The summed E-state index contributed by atoms with van der Waals surface area (Å²) in [6.07, 6.45) is 4.85. The maximum atomic E-state index is 12.4. The second-order valence-electron chi connectivity index (χ2n) is 8.75. The summed E-state index contributed by atoms with van der Waals surface area (Å²) in [7, 11) is 0. The highest BCUT2D eigenvalue weighted by Crippen LogP contribution is 2.55. The zero-order chi connectivity index (χ0) is 25.2. The fourth-order valence-corrected chi connectivity index (χ4v) is 4.62. The standard InChI is InChI=1S/C26H26N2O7/c1-4-23(29)33-15-16-34-24(30)12-14-27-21-8-6-5-7-20(21)25(2,3)26(27)13-11-18-17-19(28(31)32)9-10-22(18)35-26/h4-11,13,17H,1,12,14-16H2,2-3H3. The molecule has 35 heavy (non-hydrogen) atoms. The molecule has 0 radical (unpaired) electrons. The summed E-state index contributed by atoms with van der Waals surface area (Å²) in [5.41, 5.74) is 1.12. The Morgan fingerprint density at radius 2 is 1.91 bits per heavy atom. The quantitative estimate of drug-likeness (QED) is 0.183. The molecule has 1 atom stereocenters. The van der Waals surface area contributed by atoms with E-state index in [-0.39, 0.29) is 25.3 Å². The van der Waals surface area contributed by atoms with Crippen molar-refractivity contribution in [2.24, 2.45) is 0 Å². The first-order valence-electron chi connectivity index (χ1n) is 11.2. The number of nitro benzene ring substituents is 1. The number of carbonyl (C=O) groups is 2. The van der Waals surface area contributed by atoms with Gasteiger partial charge in [-0.1, -0.05) is 24.8 Å². The molecule has 2 aromatic carbocycles. The highest BCUT2D eigenvalue weighted by Gasteiger charge is 2.58. The van der Waals surface area contributed by atoms with Crippen LogP contribution in [-0.4, -0.2) is 42.3 Å². The van der Waals surface area contributed by atoms with Crippen LogP contribution in [0.4, 0.5) is 11.4 Å². The Morgan fingerprint density at radius 3 is 2.66 bits per heavy atom. The van der Waals surface area contributed by atoms with Crippen LogP contribution >= 0.6 is 0 Å². The summed E-state index contributed by atoms with van der Waals surface area (Å²) in [4.78, 5) is 36.3. The molecule has 0 N–H and O–H groups in total. The van der Waals surface area contributed by atoms with Gasteiger partial charge in [-0.05, 0) is 43.7 Å². The fourth-order valence-electron chi connectivity index (χ4n) is 4.62. The Kier molecular flexibility index (Phi) is 6.34.